The largest absolute Gasteiger partial charge is 0.382 e. The summed E-state index contributed by atoms with van der Waals surface area (Å²) >= 11 is 1.66. The summed E-state index contributed by atoms with van der Waals surface area (Å²) in [6, 6.07) is 4.37. The van der Waals surface area contributed by atoms with Crippen molar-refractivity contribution >= 4 is 23.1 Å². The van der Waals surface area contributed by atoms with Crippen LogP contribution in [0.25, 0.3) is 0 Å². The molecule has 0 bridgehead atoms. The minimum atomic E-state index is -0.0873. The van der Waals surface area contributed by atoms with E-state index in [1.165, 1.54) is 17.3 Å². The van der Waals surface area contributed by atoms with Gasteiger partial charge >= 0.3 is 0 Å². The molecule has 6 heteroatoms. The molecule has 2 N–H and O–H groups in total. The predicted octanol–water partition coefficient (Wildman–Crippen LogP) is 1.93. The van der Waals surface area contributed by atoms with E-state index in [1.807, 2.05) is 22.4 Å². The number of hydrogen-bond donors (Lipinski definition) is 1. The Morgan fingerprint density at radius 2 is 2.32 bits per heavy atom. The summed E-state index contributed by atoms with van der Waals surface area (Å²) in [5.41, 5.74) is 5.90. The molecule has 0 aromatic carbocycles. The fourth-order valence-corrected chi connectivity index (χ4v) is 2.66. The van der Waals surface area contributed by atoms with E-state index in [-0.39, 0.29) is 11.7 Å². The number of carbonyl (C=O) groups is 1. The molecule has 3 rings (SSSR count). The Hall–Kier alpha value is -1.95. The summed E-state index contributed by atoms with van der Waals surface area (Å²) in [6.07, 6.45) is 5.04. The number of amides is 1. The highest BCUT2D eigenvalue weighted by molar-refractivity contribution is 7.09. The van der Waals surface area contributed by atoms with Crippen molar-refractivity contribution in [2.45, 2.75) is 25.4 Å². The molecule has 2 aromatic rings. The molecule has 0 spiro atoms. The molecule has 19 heavy (non-hydrogen) atoms. The van der Waals surface area contributed by atoms with Gasteiger partial charge in [0.1, 0.15) is 11.5 Å². The van der Waals surface area contributed by atoms with Crippen molar-refractivity contribution < 1.29 is 4.79 Å². The average molecular weight is 274 g/mol. The van der Waals surface area contributed by atoms with Gasteiger partial charge in [0, 0.05) is 10.9 Å². The third-order valence-corrected chi connectivity index (χ3v) is 3.89. The van der Waals surface area contributed by atoms with Gasteiger partial charge in [-0.2, -0.15) is 0 Å². The molecule has 2 heterocycles. The highest BCUT2D eigenvalue weighted by Gasteiger charge is 2.33. The van der Waals surface area contributed by atoms with E-state index >= 15 is 0 Å². The van der Waals surface area contributed by atoms with E-state index < -0.39 is 0 Å². The lowest BCUT2D eigenvalue weighted by atomic mass is 10.3. The summed E-state index contributed by atoms with van der Waals surface area (Å²) in [7, 11) is 0. The standard InChI is InChI=1S/C13H14N4OS/c14-12-7-15-6-11(16-12)13(18)17(9-3-4-9)8-10-2-1-5-19-10/h1-2,5-7,9H,3-4,8H2,(H2,14,16). The van der Waals surface area contributed by atoms with Gasteiger partial charge in [0.25, 0.3) is 5.91 Å². The van der Waals surface area contributed by atoms with Gasteiger partial charge in [-0.25, -0.2) is 4.98 Å². The Kier molecular flexibility index (Phi) is 3.16. The predicted molar refractivity (Wildman–Crippen MR) is 73.7 cm³/mol. The summed E-state index contributed by atoms with van der Waals surface area (Å²) in [5, 5.41) is 2.02. The van der Waals surface area contributed by atoms with E-state index in [0.29, 0.717) is 18.3 Å². The molecular weight excluding hydrogens is 260 g/mol. The van der Waals surface area contributed by atoms with Gasteiger partial charge in [0.15, 0.2) is 0 Å². The molecule has 1 fully saturated rings. The van der Waals surface area contributed by atoms with Crippen LogP contribution in [-0.2, 0) is 6.54 Å². The second kappa shape index (κ2) is 4.97. The summed E-state index contributed by atoms with van der Waals surface area (Å²) in [5.74, 6) is 0.188. The second-order valence-corrected chi connectivity index (χ2v) is 5.61. The van der Waals surface area contributed by atoms with Crippen molar-refractivity contribution in [3.63, 3.8) is 0 Å². The van der Waals surface area contributed by atoms with Crippen molar-refractivity contribution in [3.05, 3.63) is 40.5 Å². The highest BCUT2D eigenvalue weighted by atomic mass is 32.1. The van der Waals surface area contributed by atoms with Crippen LogP contribution in [0.2, 0.25) is 0 Å². The van der Waals surface area contributed by atoms with Crippen molar-refractivity contribution in [1.29, 1.82) is 0 Å². The Labute approximate surface area is 115 Å². The number of thiophene rings is 1. The van der Waals surface area contributed by atoms with Gasteiger partial charge in [0.2, 0.25) is 0 Å². The van der Waals surface area contributed by atoms with Gasteiger partial charge < -0.3 is 10.6 Å². The zero-order chi connectivity index (χ0) is 13.2. The lowest BCUT2D eigenvalue weighted by molar-refractivity contribution is 0.0725. The molecule has 0 radical (unpaired) electrons. The molecular formula is C13H14N4OS. The number of nitrogens with zero attached hydrogens (tertiary/aromatic N) is 3. The monoisotopic (exact) mass is 274 g/mol. The number of nitrogen functional groups attached to an aromatic ring is 1. The number of anilines is 1. The van der Waals surface area contributed by atoms with Gasteiger partial charge in [-0.1, -0.05) is 6.07 Å². The number of hydrogen-bond acceptors (Lipinski definition) is 5. The summed E-state index contributed by atoms with van der Waals surface area (Å²) in [4.78, 5) is 23.5. The van der Waals surface area contributed by atoms with Crippen LogP contribution in [0.3, 0.4) is 0 Å². The van der Waals surface area contributed by atoms with Crippen molar-refractivity contribution in [3.8, 4) is 0 Å². The smallest absolute Gasteiger partial charge is 0.274 e. The molecule has 5 nitrogen and oxygen atoms in total. The molecule has 2 aromatic heterocycles. The molecule has 1 amide bonds. The zero-order valence-electron chi connectivity index (χ0n) is 10.3. The van der Waals surface area contributed by atoms with Crippen LogP contribution in [-0.4, -0.2) is 26.8 Å². The molecule has 0 aliphatic heterocycles. The molecule has 1 saturated carbocycles. The first-order chi connectivity index (χ1) is 9.24. The number of carbonyl (C=O) groups excluding carboxylic acids is 1. The van der Waals surface area contributed by atoms with E-state index in [9.17, 15) is 4.79 Å². The Morgan fingerprint density at radius 3 is 2.95 bits per heavy atom. The lowest BCUT2D eigenvalue weighted by Gasteiger charge is -2.21. The van der Waals surface area contributed by atoms with E-state index in [2.05, 4.69) is 9.97 Å². The van der Waals surface area contributed by atoms with Crippen LogP contribution < -0.4 is 5.73 Å². The van der Waals surface area contributed by atoms with Crippen LogP contribution >= 0.6 is 11.3 Å². The third-order valence-electron chi connectivity index (χ3n) is 3.03. The third kappa shape index (κ3) is 2.73. The first kappa shape index (κ1) is 12.1. The minimum absolute atomic E-state index is 0.0873. The lowest BCUT2D eigenvalue weighted by Crippen LogP contribution is -2.33. The topological polar surface area (TPSA) is 72.1 Å². The summed E-state index contributed by atoms with van der Waals surface area (Å²) < 4.78 is 0. The molecule has 98 valence electrons. The Morgan fingerprint density at radius 1 is 1.47 bits per heavy atom. The van der Waals surface area contributed by atoms with Gasteiger partial charge in [0.05, 0.1) is 18.9 Å². The maximum absolute atomic E-state index is 12.5. The first-order valence-corrected chi connectivity index (χ1v) is 7.03. The van der Waals surface area contributed by atoms with Crippen LogP contribution in [0.5, 0.6) is 0 Å². The Bertz CT molecular complexity index is 580. The van der Waals surface area contributed by atoms with E-state index in [4.69, 9.17) is 5.73 Å². The average Bonchev–Trinajstić information content (AvgIpc) is 3.12. The number of nitrogens with two attached hydrogens (primary N) is 1. The molecule has 0 unspecified atom stereocenters. The fourth-order valence-electron chi connectivity index (χ4n) is 1.95. The van der Waals surface area contributed by atoms with Crippen LogP contribution in [0.1, 0.15) is 28.2 Å². The van der Waals surface area contributed by atoms with Crippen LogP contribution in [0.4, 0.5) is 5.82 Å². The Balaban J connectivity index is 1.82. The second-order valence-electron chi connectivity index (χ2n) is 4.57. The molecule has 1 aliphatic rings. The molecule has 0 saturated heterocycles. The minimum Gasteiger partial charge on any atom is -0.382 e. The van der Waals surface area contributed by atoms with Gasteiger partial charge in [-0.3, -0.25) is 9.78 Å². The fraction of sp³-hybridized carbons (Fsp3) is 0.308. The van der Waals surface area contributed by atoms with Crippen LogP contribution in [0, 0.1) is 0 Å². The van der Waals surface area contributed by atoms with E-state index in [0.717, 1.165) is 12.8 Å². The van der Waals surface area contributed by atoms with Gasteiger partial charge in [-0.15, -0.1) is 11.3 Å². The number of rotatable bonds is 4. The summed E-state index contributed by atoms with van der Waals surface area (Å²) in [6.45, 7) is 0.637. The quantitative estimate of drug-likeness (QED) is 0.924. The highest BCUT2D eigenvalue weighted by Crippen LogP contribution is 2.30. The maximum Gasteiger partial charge on any atom is 0.274 e. The van der Waals surface area contributed by atoms with Crippen LogP contribution in [0.15, 0.2) is 29.9 Å². The SMILES string of the molecule is Nc1cncc(C(=O)N(Cc2cccs2)C2CC2)n1. The number of aromatic nitrogens is 2. The van der Waals surface area contributed by atoms with Crippen molar-refractivity contribution in [1.82, 2.24) is 14.9 Å². The molecule has 1 aliphatic carbocycles. The van der Waals surface area contributed by atoms with Crippen molar-refractivity contribution in [2.75, 3.05) is 5.73 Å². The van der Waals surface area contributed by atoms with E-state index in [1.54, 1.807) is 11.3 Å². The van der Waals surface area contributed by atoms with Crippen molar-refractivity contribution in [2.24, 2.45) is 0 Å². The maximum atomic E-state index is 12.5. The zero-order valence-corrected chi connectivity index (χ0v) is 11.1. The normalized spacial score (nSPS) is 14.3. The first-order valence-electron chi connectivity index (χ1n) is 6.15. The van der Waals surface area contributed by atoms with Gasteiger partial charge in [-0.05, 0) is 24.3 Å². The molecule has 0 atom stereocenters.